The van der Waals surface area contributed by atoms with Crippen LogP contribution in [0, 0.1) is 18.3 Å². The van der Waals surface area contributed by atoms with Crippen molar-refractivity contribution in [2.24, 2.45) is 11.3 Å². The number of carbonyl (C=O) groups is 1. The Labute approximate surface area is 169 Å². The zero-order chi connectivity index (χ0) is 20.5. The van der Waals surface area contributed by atoms with E-state index in [0.29, 0.717) is 10.8 Å². The number of hydrogen-bond donors (Lipinski definition) is 0. The molecule has 0 saturated heterocycles. The summed E-state index contributed by atoms with van der Waals surface area (Å²) in [7, 11) is 2.64. The van der Waals surface area contributed by atoms with Crippen LogP contribution in [0.3, 0.4) is 0 Å². The van der Waals surface area contributed by atoms with Crippen molar-refractivity contribution in [1.29, 1.82) is 0 Å². The van der Waals surface area contributed by atoms with Crippen LogP contribution in [0.1, 0.15) is 62.1 Å². The van der Waals surface area contributed by atoms with Crippen molar-refractivity contribution in [2.45, 2.75) is 41.5 Å². The quantitative estimate of drug-likeness (QED) is 0.315. The third-order valence-electron chi connectivity index (χ3n) is 4.42. The van der Waals surface area contributed by atoms with Gasteiger partial charge in [0.15, 0.2) is 5.76 Å². The fourth-order valence-corrected chi connectivity index (χ4v) is 3.17. The number of Topliss-reactive ketones (excluding diaryl/α,β-unsaturated/α-hetero) is 1. The third kappa shape index (κ3) is 5.00. The Kier molecular flexibility index (Phi) is 6.55. The Morgan fingerprint density at radius 3 is 2.41 bits per heavy atom. The van der Waals surface area contributed by atoms with E-state index in [2.05, 4.69) is 36.6 Å². The van der Waals surface area contributed by atoms with Gasteiger partial charge in [-0.15, -0.1) is 9.24 Å². The summed E-state index contributed by atoms with van der Waals surface area (Å²) in [4.78, 5) is 12.3. The molecule has 0 aliphatic heterocycles. The minimum absolute atomic E-state index is 0.0155. The number of rotatable bonds is 5. The van der Waals surface area contributed by atoms with Gasteiger partial charge in [-0.05, 0) is 58.6 Å². The molecule has 0 aliphatic carbocycles. The maximum Gasteiger partial charge on any atom is 0.200 e. The normalized spacial score (nSPS) is 12.6. The van der Waals surface area contributed by atoms with Crippen molar-refractivity contribution in [3.8, 4) is 0 Å². The summed E-state index contributed by atoms with van der Waals surface area (Å²) >= 11 is 6.13. The molecule has 2 rings (SSSR count). The van der Waals surface area contributed by atoms with Gasteiger partial charge in [0.25, 0.3) is 0 Å². The number of furan rings is 1. The smallest absolute Gasteiger partial charge is 0.200 e. The summed E-state index contributed by atoms with van der Waals surface area (Å²) in [6, 6.07) is 7.65. The molecule has 2 nitrogen and oxygen atoms in total. The molecule has 0 bridgehead atoms. The van der Waals surface area contributed by atoms with E-state index in [1.54, 1.807) is 0 Å². The van der Waals surface area contributed by atoms with Crippen molar-refractivity contribution < 1.29 is 9.21 Å². The number of aryl methyl sites for hydroxylation is 1. The van der Waals surface area contributed by atoms with Gasteiger partial charge in [-0.3, -0.25) is 4.79 Å². The largest absolute Gasteiger partial charge is 0.453 e. The molecular weight excluding hydrogens is 375 g/mol. The van der Waals surface area contributed by atoms with Crippen LogP contribution >= 0.6 is 20.8 Å². The van der Waals surface area contributed by atoms with Gasteiger partial charge in [-0.25, -0.2) is 0 Å². The predicted molar refractivity (Wildman–Crippen MR) is 120 cm³/mol. The Morgan fingerprint density at radius 1 is 1.26 bits per heavy atom. The summed E-state index contributed by atoms with van der Waals surface area (Å²) in [5.41, 5.74) is 3.64. The highest BCUT2D eigenvalue weighted by Gasteiger charge is 2.26. The molecule has 0 fully saturated rings. The van der Waals surface area contributed by atoms with Crippen LogP contribution in [0.15, 0.2) is 41.3 Å². The highest BCUT2D eigenvalue weighted by Crippen LogP contribution is 2.39. The maximum atomic E-state index is 12.3. The molecule has 0 amide bonds. The molecule has 2 aromatic rings. The second-order valence-electron chi connectivity index (χ2n) is 8.21. The van der Waals surface area contributed by atoms with Gasteiger partial charge in [0.2, 0.25) is 5.78 Å². The van der Waals surface area contributed by atoms with Crippen molar-refractivity contribution in [3.05, 3.63) is 64.6 Å². The number of benzene rings is 1. The fraction of sp³-hybridized carbons (Fsp3) is 0.348. The van der Waals surface area contributed by atoms with E-state index in [-0.39, 0.29) is 17.1 Å². The number of ketones is 1. The number of allylic oxidation sites excluding steroid dienone is 3. The van der Waals surface area contributed by atoms with E-state index in [4.69, 9.17) is 16.0 Å². The van der Waals surface area contributed by atoms with Crippen LogP contribution in [0.4, 0.5) is 0 Å². The average Bonchev–Trinajstić information content (AvgIpc) is 2.94. The lowest BCUT2D eigenvalue weighted by Crippen LogP contribution is -2.09. The van der Waals surface area contributed by atoms with Gasteiger partial charge in [-0.1, -0.05) is 58.9 Å². The van der Waals surface area contributed by atoms with Crippen LogP contribution < -0.4 is 5.30 Å². The molecule has 0 spiro atoms. The van der Waals surface area contributed by atoms with Gasteiger partial charge < -0.3 is 4.42 Å². The zero-order valence-electron chi connectivity index (χ0n) is 16.9. The average molecular weight is 403 g/mol. The highest BCUT2D eigenvalue weighted by atomic mass is 35.5. The number of hydrogen-bond acceptors (Lipinski definition) is 2. The zero-order valence-corrected chi connectivity index (χ0v) is 18.9. The van der Waals surface area contributed by atoms with E-state index in [9.17, 15) is 4.79 Å². The minimum atomic E-state index is -0.181. The summed E-state index contributed by atoms with van der Waals surface area (Å²) in [5, 5.41) is 1.63. The first-order chi connectivity index (χ1) is 12.4. The molecule has 1 atom stereocenters. The fourth-order valence-electron chi connectivity index (χ4n) is 2.78. The van der Waals surface area contributed by atoms with Crippen molar-refractivity contribution in [1.82, 2.24) is 0 Å². The molecule has 1 unspecified atom stereocenters. The van der Waals surface area contributed by atoms with Crippen LogP contribution in [0.2, 0.25) is 5.02 Å². The van der Waals surface area contributed by atoms with Crippen LogP contribution in [0.25, 0.3) is 11.1 Å². The summed E-state index contributed by atoms with van der Waals surface area (Å²) in [6.45, 7) is 16.3. The van der Waals surface area contributed by atoms with E-state index < -0.39 is 0 Å². The first-order valence-corrected chi connectivity index (χ1v) is 9.99. The molecule has 144 valence electrons. The second kappa shape index (κ2) is 8.17. The molecule has 0 aliphatic rings. The molecule has 1 heterocycles. The minimum Gasteiger partial charge on any atom is -0.453 e. The summed E-state index contributed by atoms with van der Waals surface area (Å²) in [5.74, 6) is 1.07. The SMILES string of the molecule is C=C(/C=C(\c1oc(C(=O)C(C)C)cc1C)C(C)(C)C)c1ccc(Cl)c(P)c1. The molecule has 0 N–H and O–H groups in total. The first kappa shape index (κ1) is 21.7. The lowest BCUT2D eigenvalue weighted by atomic mass is 9.82. The van der Waals surface area contributed by atoms with Gasteiger partial charge >= 0.3 is 0 Å². The van der Waals surface area contributed by atoms with Gasteiger partial charge in [-0.2, -0.15) is 0 Å². The number of halogens is 1. The summed E-state index contributed by atoms with van der Waals surface area (Å²) in [6.07, 6.45) is 2.04. The maximum absolute atomic E-state index is 12.3. The van der Waals surface area contributed by atoms with Crippen molar-refractivity contribution in [2.75, 3.05) is 0 Å². The second-order valence-corrected chi connectivity index (χ2v) is 9.24. The van der Waals surface area contributed by atoms with E-state index in [1.165, 1.54) is 0 Å². The third-order valence-corrected chi connectivity index (χ3v) is 5.43. The molecule has 27 heavy (non-hydrogen) atoms. The van der Waals surface area contributed by atoms with Gasteiger partial charge in [0.1, 0.15) is 5.76 Å². The summed E-state index contributed by atoms with van der Waals surface area (Å²) < 4.78 is 6.02. The topological polar surface area (TPSA) is 30.2 Å². The standard InChI is InChI=1S/C23H28ClO2P/c1-13(2)21(25)19-11-15(4)22(26-19)17(23(5,6)7)10-14(3)16-8-9-18(24)20(27)12-16/h8-13H,3,27H2,1-2,4-7H3/b17-10+. The van der Waals surface area contributed by atoms with Crippen LogP contribution in [0.5, 0.6) is 0 Å². The molecule has 0 radical (unpaired) electrons. The highest BCUT2D eigenvalue weighted by molar-refractivity contribution is 7.28. The monoisotopic (exact) mass is 402 g/mol. The van der Waals surface area contributed by atoms with Gasteiger partial charge in [0.05, 0.1) is 0 Å². The van der Waals surface area contributed by atoms with Gasteiger partial charge in [0, 0.05) is 16.5 Å². The van der Waals surface area contributed by atoms with E-state index >= 15 is 0 Å². The Bertz CT molecular complexity index is 911. The van der Waals surface area contributed by atoms with Crippen LogP contribution in [-0.4, -0.2) is 5.78 Å². The lowest BCUT2D eigenvalue weighted by molar-refractivity contribution is 0.0910. The lowest BCUT2D eigenvalue weighted by Gasteiger charge is -2.23. The van der Waals surface area contributed by atoms with Crippen LogP contribution in [-0.2, 0) is 0 Å². The van der Waals surface area contributed by atoms with E-state index in [0.717, 1.165) is 33.3 Å². The molecule has 4 heteroatoms. The Morgan fingerprint density at radius 2 is 1.89 bits per heavy atom. The molecule has 0 saturated carbocycles. The molecule has 1 aromatic carbocycles. The predicted octanol–water partition coefficient (Wildman–Crippen LogP) is 6.72. The molecule has 1 aromatic heterocycles. The Hall–Kier alpha value is -1.63. The molecular formula is C23H28ClO2P. The number of carbonyl (C=O) groups excluding carboxylic acids is 1. The first-order valence-electron chi connectivity index (χ1n) is 9.03. The Balaban J connectivity index is 2.53. The van der Waals surface area contributed by atoms with Crippen molar-refractivity contribution >= 4 is 43.1 Å². The van der Waals surface area contributed by atoms with E-state index in [1.807, 2.05) is 51.1 Å². The van der Waals surface area contributed by atoms with Crippen molar-refractivity contribution in [3.63, 3.8) is 0 Å².